The summed E-state index contributed by atoms with van der Waals surface area (Å²) in [6.07, 6.45) is -1.10. The quantitative estimate of drug-likeness (QED) is 0.833. The van der Waals surface area contributed by atoms with Crippen molar-refractivity contribution in [2.24, 2.45) is 0 Å². The second-order valence-electron chi connectivity index (χ2n) is 6.07. The van der Waals surface area contributed by atoms with Crippen molar-refractivity contribution in [2.75, 3.05) is 0 Å². The molecule has 0 radical (unpaired) electrons. The summed E-state index contributed by atoms with van der Waals surface area (Å²) in [5.74, 6) is -0.382. The molecule has 7 nitrogen and oxygen atoms in total. The molecule has 7 heteroatoms. The summed E-state index contributed by atoms with van der Waals surface area (Å²) in [6.45, 7) is 10.1. The molecule has 1 aromatic heterocycles. The molecule has 1 heterocycles. The van der Waals surface area contributed by atoms with E-state index < -0.39 is 29.6 Å². The van der Waals surface area contributed by atoms with E-state index in [1.807, 2.05) is 0 Å². The summed E-state index contributed by atoms with van der Waals surface area (Å²) < 4.78 is 10.3. The molecule has 0 saturated heterocycles. The molecule has 0 saturated carbocycles. The number of carbonyl (C=O) groups is 3. The number of hydrogen-bond donors (Lipinski definition) is 2. The van der Waals surface area contributed by atoms with Crippen LogP contribution in [0.5, 0.6) is 0 Å². The van der Waals surface area contributed by atoms with Crippen LogP contribution < -0.4 is 10.6 Å². The summed E-state index contributed by atoms with van der Waals surface area (Å²) in [5, 5.41) is 4.70. The Labute approximate surface area is 129 Å². The van der Waals surface area contributed by atoms with E-state index >= 15 is 0 Å². The van der Waals surface area contributed by atoms with E-state index in [1.54, 1.807) is 34.6 Å². The zero-order valence-electron chi connectivity index (χ0n) is 13.7. The zero-order chi connectivity index (χ0) is 17.1. The van der Waals surface area contributed by atoms with Gasteiger partial charge in [-0.2, -0.15) is 0 Å². The minimum atomic E-state index is -1.10. The average molecular weight is 310 g/mol. The van der Waals surface area contributed by atoms with Gasteiger partial charge in [0.15, 0.2) is 6.10 Å². The fraction of sp³-hybridized carbons (Fsp3) is 0.533. The zero-order valence-corrected chi connectivity index (χ0v) is 13.7. The van der Waals surface area contributed by atoms with Crippen molar-refractivity contribution < 1.29 is 23.5 Å². The molecule has 0 bridgehead atoms. The van der Waals surface area contributed by atoms with Crippen molar-refractivity contribution in [3.63, 3.8) is 0 Å². The predicted molar refractivity (Wildman–Crippen MR) is 79.5 cm³/mol. The van der Waals surface area contributed by atoms with Crippen molar-refractivity contribution in [3.8, 4) is 0 Å². The van der Waals surface area contributed by atoms with Crippen molar-refractivity contribution >= 4 is 17.9 Å². The van der Waals surface area contributed by atoms with Crippen LogP contribution in [0, 0.1) is 13.8 Å². The maximum absolute atomic E-state index is 11.9. The monoisotopic (exact) mass is 310 g/mol. The van der Waals surface area contributed by atoms with E-state index in [0.29, 0.717) is 11.5 Å². The molecule has 1 rings (SSSR count). The Hall–Kier alpha value is -2.31. The maximum Gasteiger partial charge on any atom is 0.342 e. The maximum atomic E-state index is 11.9. The lowest BCUT2D eigenvalue weighted by Gasteiger charge is -2.21. The molecular weight excluding hydrogens is 288 g/mol. The first-order valence-electron chi connectivity index (χ1n) is 6.90. The number of amides is 3. The van der Waals surface area contributed by atoms with Crippen LogP contribution >= 0.6 is 0 Å². The molecule has 0 fully saturated rings. The predicted octanol–water partition coefficient (Wildman–Crippen LogP) is 2.07. The number of ether oxygens (including phenoxy) is 1. The van der Waals surface area contributed by atoms with E-state index in [-0.39, 0.29) is 5.56 Å². The number of imide groups is 1. The fourth-order valence-corrected chi connectivity index (χ4v) is 1.70. The number of nitrogens with one attached hydrogen (secondary N) is 2. The summed E-state index contributed by atoms with van der Waals surface area (Å²) in [5.41, 5.74) is -0.216. The van der Waals surface area contributed by atoms with Gasteiger partial charge < -0.3 is 14.5 Å². The van der Waals surface area contributed by atoms with Crippen LogP contribution in [0.3, 0.4) is 0 Å². The normalized spacial score (nSPS) is 12.5. The minimum absolute atomic E-state index is 0.260. The highest BCUT2D eigenvalue weighted by Crippen LogP contribution is 2.15. The lowest BCUT2D eigenvalue weighted by Crippen LogP contribution is -2.50. The standard InChI is InChI=1S/C15H22N2O5/c1-8-7-11(9(2)21-8)13(19)22-10(3)12(18)16-14(20)17-15(4,5)6/h7,10H,1-6H3,(H2,16,17,18,20). The number of carbonyl (C=O) groups excluding carboxylic acids is 3. The molecule has 2 N–H and O–H groups in total. The summed E-state index contributed by atoms with van der Waals surface area (Å²) in [6, 6.07) is 0.893. The summed E-state index contributed by atoms with van der Waals surface area (Å²) in [7, 11) is 0. The largest absolute Gasteiger partial charge is 0.466 e. The first-order valence-corrected chi connectivity index (χ1v) is 6.90. The van der Waals surface area contributed by atoms with Crippen LogP contribution in [0.15, 0.2) is 10.5 Å². The van der Waals surface area contributed by atoms with Gasteiger partial charge in [-0.25, -0.2) is 9.59 Å². The first-order chi connectivity index (χ1) is 9.99. The number of furan rings is 1. The van der Waals surface area contributed by atoms with E-state index in [0.717, 1.165) is 0 Å². The third kappa shape index (κ3) is 5.23. The van der Waals surface area contributed by atoms with Crippen LogP contribution in [0.25, 0.3) is 0 Å². The van der Waals surface area contributed by atoms with Gasteiger partial charge in [0.05, 0.1) is 0 Å². The van der Waals surface area contributed by atoms with Crippen LogP contribution in [0.4, 0.5) is 4.79 Å². The Bertz CT molecular complexity index is 583. The van der Waals surface area contributed by atoms with Crippen molar-refractivity contribution in [1.29, 1.82) is 0 Å². The van der Waals surface area contributed by atoms with E-state index in [4.69, 9.17) is 9.15 Å². The molecule has 1 aromatic rings. The highest BCUT2D eigenvalue weighted by atomic mass is 16.5. The second-order valence-corrected chi connectivity index (χ2v) is 6.07. The van der Waals surface area contributed by atoms with Gasteiger partial charge in [-0.3, -0.25) is 10.1 Å². The molecule has 0 aliphatic heterocycles. The van der Waals surface area contributed by atoms with Gasteiger partial charge in [0.2, 0.25) is 0 Å². The lowest BCUT2D eigenvalue weighted by atomic mass is 10.1. The lowest BCUT2D eigenvalue weighted by molar-refractivity contribution is -0.127. The summed E-state index contributed by atoms with van der Waals surface area (Å²) in [4.78, 5) is 35.4. The molecule has 0 aliphatic rings. The number of hydrogen-bond acceptors (Lipinski definition) is 5. The van der Waals surface area contributed by atoms with E-state index in [2.05, 4.69) is 10.6 Å². The van der Waals surface area contributed by atoms with Crippen molar-refractivity contribution in [1.82, 2.24) is 10.6 Å². The number of urea groups is 1. The second kappa shape index (κ2) is 6.64. The Morgan fingerprint density at radius 3 is 2.27 bits per heavy atom. The van der Waals surface area contributed by atoms with Crippen LogP contribution in [-0.2, 0) is 9.53 Å². The number of rotatable bonds is 3. The number of esters is 1. The van der Waals surface area contributed by atoms with Crippen LogP contribution in [0.2, 0.25) is 0 Å². The topological polar surface area (TPSA) is 97.6 Å². The van der Waals surface area contributed by atoms with Gasteiger partial charge in [0.1, 0.15) is 17.1 Å². The van der Waals surface area contributed by atoms with E-state index in [9.17, 15) is 14.4 Å². The molecular formula is C15H22N2O5. The average Bonchev–Trinajstić information content (AvgIpc) is 2.65. The SMILES string of the molecule is Cc1cc(C(=O)OC(C)C(=O)NC(=O)NC(C)(C)C)c(C)o1. The molecule has 122 valence electrons. The molecule has 1 atom stereocenters. The summed E-state index contributed by atoms with van der Waals surface area (Å²) >= 11 is 0. The Morgan fingerprint density at radius 2 is 1.82 bits per heavy atom. The van der Waals surface area contributed by atoms with Gasteiger partial charge in [-0.15, -0.1) is 0 Å². The molecule has 3 amide bonds. The van der Waals surface area contributed by atoms with Crippen LogP contribution in [-0.4, -0.2) is 29.6 Å². The van der Waals surface area contributed by atoms with Crippen molar-refractivity contribution in [3.05, 3.63) is 23.2 Å². The van der Waals surface area contributed by atoms with E-state index in [1.165, 1.54) is 13.0 Å². The van der Waals surface area contributed by atoms with Crippen LogP contribution in [0.1, 0.15) is 49.6 Å². The molecule has 0 aromatic carbocycles. The van der Waals surface area contributed by atoms with Gasteiger partial charge in [-0.1, -0.05) is 0 Å². The van der Waals surface area contributed by atoms with Crippen molar-refractivity contribution in [2.45, 2.75) is 53.2 Å². The Morgan fingerprint density at radius 1 is 1.23 bits per heavy atom. The first kappa shape index (κ1) is 17.7. The number of aryl methyl sites for hydroxylation is 2. The molecule has 1 unspecified atom stereocenters. The Kier molecular flexibility index (Phi) is 5.35. The molecule has 22 heavy (non-hydrogen) atoms. The Balaban J connectivity index is 2.59. The highest BCUT2D eigenvalue weighted by Gasteiger charge is 2.24. The van der Waals surface area contributed by atoms with Gasteiger partial charge >= 0.3 is 12.0 Å². The smallest absolute Gasteiger partial charge is 0.342 e. The van der Waals surface area contributed by atoms with Gasteiger partial charge in [0.25, 0.3) is 5.91 Å². The molecule has 0 spiro atoms. The minimum Gasteiger partial charge on any atom is -0.466 e. The highest BCUT2D eigenvalue weighted by molar-refractivity contribution is 5.98. The third-order valence-electron chi connectivity index (χ3n) is 2.64. The molecule has 0 aliphatic carbocycles. The fourth-order valence-electron chi connectivity index (χ4n) is 1.70. The van der Waals surface area contributed by atoms with Gasteiger partial charge in [0, 0.05) is 5.54 Å². The third-order valence-corrected chi connectivity index (χ3v) is 2.64. The van der Waals surface area contributed by atoms with Gasteiger partial charge in [-0.05, 0) is 47.6 Å².